The lowest BCUT2D eigenvalue weighted by atomic mass is 10.1. The normalized spacial score (nSPS) is 12.4. The molecule has 2 aromatic rings. The van der Waals surface area contributed by atoms with Crippen molar-refractivity contribution in [3.8, 4) is 0 Å². The van der Waals surface area contributed by atoms with Gasteiger partial charge in [0.1, 0.15) is 6.54 Å². The van der Waals surface area contributed by atoms with Crippen LogP contribution < -0.4 is 10.6 Å². The Balaban J connectivity index is 1.43. The number of carbonyl (C=O) groups excluding carboxylic acids is 5. The van der Waals surface area contributed by atoms with Gasteiger partial charge in [0.25, 0.3) is 17.7 Å². The quantitative estimate of drug-likeness (QED) is 0.370. The molecule has 0 saturated carbocycles. The minimum atomic E-state index is -1.77. The fourth-order valence-electron chi connectivity index (χ4n) is 2.75. The van der Waals surface area contributed by atoms with Crippen LogP contribution >= 0.6 is 0 Å². The van der Waals surface area contributed by atoms with Crippen molar-refractivity contribution in [3.63, 3.8) is 0 Å². The molecule has 0 aliphatic carbocycles. The third-order valence-electron chi connectivity index (χ3n) is 4.29. The minimum Gasteiger partial charge on any atom is -0.454 e. The maximum Gasteiger partial charge on any atom is 0.326 e. The molecule has 9 nitrogen and oxygen atoms in total. The number of rotatable bonds is 7. The van der Waals surface area contributed by atoms with Gasteiger partial charge in [0.05, 0.1) is 23.4 Å². The van der Waals surface area contributed by atoms with E-state index in [-0.39, 0.29) is 11.1 Å². The first-order chi connectivity index (χ1) is 15.2. The first-order valence-corrected chi connectivity index (χ1v) is 9.00. The van der Waals surface area contributed by atoms with Crippen molar-refractivity contribution in [1.82, 2.24) is 10.2 Å². The lowest BCUT2D eigenvalue weighted by Crippen LogP contribution is -2.38. The number of nitrogens with one attached hydrogen (secondary N) is 2. The van der Waals surface area contributed by atoms with Crippen molar-refractivity contribution < 1.29 is 41.9 Å². The summed E-state index contributed by atoms with van der Waals surface area (Å²) in [5.74, 6) is -9.06. The smallest absolute Gasteiger partial charge is 0.326 e. The van der Waals surface area contributed by atoms with Gasteiger partial charge in [-0.1, -0.05) is 12.1 Å². The summed E-state index contributed by atoms with van der Waals surface area (Å²) in [4.78, 5) is 60.3. The summed E-state index contributed by atoms with van der Waals surface area (Å²) in [6.45, 7) is -2.22. The molecule has 0 aromatic heterocycles. The zero-order valence-electron chi connectivity index (χ0n) is 16.1. The van der Waals surface area contributed by atoms with Crippen LogP contribution in [0, 0.1) is 17.5 Å². The predicted molar refractivity (Wildman–Crippen MR) is 101 cm³/mol. The topological polar surface area (TPSA) is 122 Å². The lowest BCUT2D eigenvalue weighted by molar-refractivity contribution is -0.148. The second kappa shape index (κ2) is 9.29. The number of carbonyl (C=O) groups is 5. The molecule has 4 amide bonds. The van der Waals surface area contributed by atoms with E-state index in [0.717, 1.165) is 6.07 Å². The van der Waals surface area contributed by atoms with E-state index in [1.165, 1.54) is 12.1 Å². The van der Waals surface area contributed by atoms with Crippen LogP contribution in [0.25, 0.3) is 0 Å². The van der Waals surface area contributed by atoms with Gasteiger partial charge in [0, 0.05) is 0 Å². The van der Waals surface area contributed by atoms with Crippen LogP contribution in [-0.2, 0) is 19.1 Å². The van der Waals surface area contributed by atoms with E-state index >= 15 is 0 Å². The van der Waals surface area contributed by atoms with E-state index in [1.807, 2.05) is 5.32 Å². The van der Waals surface area contributed by atoms with Gasteiger partial charge in [0.15, 0.2) is 24.1 Å². The number of fused-ring (bicyclic) bond motifs is 1. The Labute approximate surface area is 178 Å². The van der Waals surface area contributed by atoms with Crippen LogP contribution in [0.4, 0.5) is 18.9 Å². The number of hydrogen-bond donors (Lipinski definition) is 2. The highest BCUT2D eigenvalue weighted by Gasteiger charge is 2.36. The number of anilines is 1. The molecule has 166 valence electrons. The zero-order chi connectivity index (χ0) is 23.4. The number of imide groups is 1. The number of nitrogens with zero attached hydrogens (tertiary/aromatic N) is 1. The first kappa shape index (κ1) is 22.5. The standard InChI is InChI=1S/C20H14F3N3O6/c21-12-5-6-13(18(23)17(12)22)25-14(27)7-24-15(28)9-32-16(29)8-26-19(30)10-3-1-2-4-11(10)20(26)31/h1-6H,7-9H2,(H,24,28)(H,25,27). The molecule has 1 heterocycles. The molecule has 32 heavy (non-hydrogen) atoms. The van der Waals surface area contributed by atoms with E-state index in [9.17, 15) is 37.1 Å². The molecule has 12 heteroatoms. The molecular formula is C20H14F3N3O6. The highest BCUT2D eigenvalue weighted by molar-refractivity contribution is 6.22. The number of esters is 1. The van der Waals surface area contributed by atoms with Gasteiger partial charge in [0.2, 0.25) is 5.91 Å². The molecule has 0 bridgehead atoms. The number of hydrogen-bond acceptors (Lipinski definition) is 6. The number of benzene rings is 2. The SMILES string of the molecule is O=C(COC(=O)CN1C(=O)c2ccccc2C1=O)NCC(=O)Nc1ccc(F)c(F)c1F. The third-order valence-corrected chi connectivity index (χ3v) is 4.29. The highest BCUT2D eigenvalue weighted by Crippen LogP contribution is 2.22. The van der Waals surface area contributed by atoms with Crippen LogP contribution in [0.3, 0.4) is 0 Å². The summed E-state index contributed by atoms with van der Waals surface area (Å²) in [6.07, 6.45) is 0. The van der Waals surface area contributed by atoms with E-state index < -0.39 is 72.4 Å². The molecule has 2 aromatic carbocycles. The van der Waals surface area contributed by atoms with Gasteiger partial charge in [-0.3, -0.25) is 28.9 Å². The fourth-order valence-corrected chi connectivity index (χ4v) is 2.75. The second-order valence-electron chi connectivity index (χ2n) is 6.45. The molecule has 3 rings (SSSR count). The zero-order valence-corrected chi connectivity index (χ0v) is 16.1. The van der Waals surface area contributed by atoms with Crippen LogP contribution in [-0.4, -0.2) is 54.2 Å². The highest BCUT2D eigenvalue weighted by atomic mass is 19.2. The largest absolute Gasteiger partial charge is 0.454 e. The van der Waals surface area contributed by atoms with Gasteiger partial charge in [-0.25, -0.2) is 13.2 Å². The Morgan fingerprint density at radius 2 is 1.50 bits per heavy atom. The van der Waals surface area contributed by atoms with Gasteiger partial charge in [-0.05, 0) is 24.3 Å². The van der Waals surface area contributed by atoms with Crippen molar-refractivity contribution in [3.05, 3.63) is 65.0 Å². The van der Waals surface area contributed by atoms with Crippen molar-refractivity contribution in [2.75, 3.05) is 25.0 Å². The monoisotopic (exact) mass is 449 g/mol. The van der Waals surface area contributed by atoms with E-state index in [4.69, 9.17) is 0 Å². The molecule has 2 N–H and O–H groups in total. The first-order valence-electron chi connectivity index (χ1n) is 9.00. The molecule has 0 spiro atoms. The number of halogens is 3. The van der Waals surface area contributed by atoms with Crippen molar-refractivity contribution in [1.29, 1.82) is 0 Å². The average Bonchev–Trinajstić information content (AvgIpc) is 3.01. The molecular weight excluding hydrogens is 435 g/mol. The Morgan fingerprint density at radius 3 is 2.12 bits per heavy atom. The second-order valence-corrected chi connectivity index (χ2v) is 6.45. The van der Waals surface area contributed by atoms with Gasteiger partial charge in [-0.2, -0.15) is 0 Å². The van der Waals surface area contributed by atoms with E-state index in [0.29, 0.717) is 11.0 Å². The number of ether oxygens (including phenoxy) is 1. The summed E-state index contributed by atoms with van der Waals surface area (Å²) >= 11 is 0. The summed E-state index contributed by atoms with van der Waals surface area (Å²) in [5, 5.41) is 4.00. The Kier molecular flexibility index (Phi) is 6.52. The van der Waals surface area contributed by atoms with E-state index in [1.54, 1.807) is 12.1 Å². The van der Waals surface area contributed by atoms with Crippen molar-refractivity contribution in [2.24, 2.45) is 0 Å². The van der Waals surface area contributed by atoms with E-state index in [2.05, 4.69) is 10.1 Å². The van der Waals surface area contributed by atoms with Gasteiger partial charge in [-0.15, -0.1) is 0 Å². The van der Waals surface area contributed by atoms with Crippen LogP contribution in [0.1, 0.15) is 20.7 Å². The average molecular weight is 449 g/mol. The molecule has 0 radical (unpaired) electrons. The fraction of sp³-hybridized carbons (Fsp3) is 0.150. The summed E-state index contributed by atoms with van der Waals surface area (Å²) in [6, 6.07) is 7.41. The maximum atomic E-state index is 13.5. The van der Waals surface area contributed by atoms with Gasteiger partial charge >= 0.3 is 5.97 Å². The summed E-state index contributed by atoms with van der Waals surface area (Å²) in [5.41, 5.74) is -0.339. The predicted octanol–water partition coefficient (Wildman–Crippen LogP) is 0.998. The minimum absolute atomic E-state index is 0.145. The molecule has 0 unspecified atom stereocenters. The Hall–Kier alpha value is -4.22. The Bertz CT molecular complexity index is 1100. The van der Waals surface area contributed by atoms with Crippen LogP contribution in [0.15, 0.2) is 36.4 Å². The van der Waals surface area contributed by atoms with Crippen LogP contribution in [0.5, 0.6) is 0 Å². The lowest BCUT2D eigenvalue weighted by Gasteiger charge is -2.13. The molecule has 1 aliphatic rings. The van der Waals surface area contributed by atoms with Crippen LogP contribution in [0.2, 0.25) is 0 Å². The third kappa shape index (κ3) is 4.74. The molecule has 0 saturated heterocycles. The molecule has 0 fully saturated rings. The molecule has 1 aliphatic heterocycles. The maximum absolute atomic E-state index is 13.5. The summed E-state index contributed by atoms with van der Waals surface area (Å²) in [7, 11) is 0. The van der Waals surface area contributed by atoms with Crippen molar-refractivity contribution in [2.45, 2.75) is 0 Å². The van der Waals surface area contributed by atoms with Crippen molar-refractivity contribution >= 4 is 35.3 Å². The Morgan fingerprint density at radius 1 is 0.875 bits per heavy atom. The number of amides is 4. The summed E-state index contributed by atoms with van der Waals surface area (Å²) < 4.78 is 44.2. The molecule has 0 atom stereocenters. The van der Waals surface area contributed by atoms with Gasteiger partial charge < -0.3 is 15.4 Å².